The maximum Gasteiger partial charge on any atom is 0.250 e. The number of carbonyl (C=O) groups excluding carboxylic acids is 2. The van der Waals surface area contributed by atoms with E-state index in [1.807, 2.05) is 13.8 Å². The Morgan fingerprint density at radius 1 is 1.26 bits per heavy atom. The van der Waals surface area contributed by atoms with Crippen molar-refractivity contribution in [3.05, 3.63) is 29.8 Å². The molecule has 4 nitrogen and oxygen atoms in total. The van der Waals surface area contributed by atoms with E-state index in [2.05, 4.69) is 21.2 Å². The molecule has 0 bridgehead atoms. The van der Waals surface area contributed by atoms with Crippen LogP contribution in [0.4, 0.5) is 5.69 Å². The molecule has 1 unspecified atom stereocenters. The number of methoxy groups -OCH3 is 1. The van der Waals surface area contributed by atoms with E-state index in [4.69, 9.17) is 4.74 Å². The molecule has 0 saturated heterocycles. The molecule has 1 aromatic rings. The smallest absolute Gasteiger partial charge is 0.250 e. The highest BCUT2D eigenvalue weighted by atomic mass is 79.9. The highest BCUT2D eigenvalue weighted by Gasteiger charge is 2.20. The van der Waals surface area contributed by atoms with Crippen LogP contribution in [0.5, 0.6) is 0 Å². The summed E-state index contributed by atoms with van der Waals surface area (Å²) < 4.78 is 4.72. The fraction of sp³-hybridized carbons (Fsp3) is 0.429. The van der Waals surface area contributed by atoms with Crippen molar-refractivity contribution in [2.24, 2.45) is 5.92 Å². The van der Waals surface area contributed by atoms with Crippen LogP contribution in [-0.4, -0.2) is 30.2 Å². The Kier molecular flexibility index (Phi) is 6.18. The van der Waals surface area contributed by atoms with Gasteiger partial charge in [0.1, 0.15) is 6.61 Å². The molecule has 104 valence electrons. The molecule has 0 spiro atoms. The van der Waals surface area contributed by atoms with Crippen molar-refractivity contribution in [1.29, 1.82) is 0 Å². The lowest BCUT2D eigenvalue weighted by Gasteiger charge is -2.12. The van der Waals surface area contributed by atoms with Gasteiger partial charge in [-0.1, -0.05) is 29.8 Å². The first-order chi connectivity index (χ1) is 8.95. The van der Waals surface area contributed by atoms with Crippen LogP contribution < -0.4 is 5.32 Å². The lowest BCUT2D eigenvalue weighted by atomic mass is 10.0. The molecule has 0 heterocycles. The zero-order valence-electron chi connectivity index (χ0n) is 11.3. The maximum atomic E-state index is 12.1. The predicted octanol–water partition coefficient (Wildman–Crippen LogP) is 2.87. The quantitative estimate of drug-likeness (QED) is 0.645. The number of anilines is 1. The fourth-order valence-corrected chi connectivity index (χ4v) is 1.77. The SMILES string of the molecule is COCC(=O)Nc1ccc(C(=O)C(Br)C(C)C)cc1. The number of ketones is 1. The molecule has 0 aliphatic rings. The number of halogens is 1. The Hall–Kier alpha value is -1.20. The van der Waals surface area contributed by atoms with Gasteiger partial charge < -0.3 is 10.1 Å². The molecule has 0 aliphatic heterocycles. The van der Waals surface area contributed by atoms with Crippen LogP contribution in [0, 0.1) is 5.92 Å². The summed E-state index contributed by atoms with van der Waals surface area (Å²) in [6, 6.07) is 6.84. The highest BCUT2D eigenvalue weighted by molar-refractivity contribution is 9.10. The standard InChI is InChI=1S/C14H18BrNO3/c1-9(2)13(15)14(18)10-4-6-11(7-5-10)16-12(17)8-19-3/h4-7,9,13H,8H2,1-3H3,(H,16,17). The normalized spacial score (nSPS) is 12.3. The Labute approximate surface area is 121 Å². The van der Waals surface area contributed by atoms with Crippen molar-refractivity contribution < 1.29 is 14.3 Å². The lowest BCUT2D eigenvalue weighted by molar-refractivity contribution is -0.119. The molecule has 5 heteroatoms. The largest absolute Gasteiger partial charge is 0.375 e. The van der Waals surface area contributed by atoms with E-state index in [9.17, 15) is 9.59 Å². The molecule has 1 rings (SSSR count). The van der Waals surface area contributed by atoms with E-state index in [-0.39, 0.29) is 29.0 Å². The van der Waals surface area contributed by atoms with E-state index >= 15 is 0 Å². The van der Waals surface area contributed by atoms with E-state index in [0.717, 1.165) is 0 Å². The van der Waals surface area contributed by atoms with Crippen molar-refractivity contribution in [2.75, 3.05) is 19.0 Å². The number of benzene rings is 1. The second kappa shape index (κ2) is 7.40. The third-order valence-corrected chi connectivity index (χ3v) is 4.04. The Morgan fingerprint density at radius 2 is 1.84 bits per heavy atom. The topological polar surface area (TPSA) is 55.4 Å². The van der Waals surface area contributed by atoms with Crippen LogP contribution in [0.2, 0.25) is 0 Å². The third kappa shape index (κ3) is 4.76. The maximum absolute atomic E-state index is 12.1. The number of hydrogen-bond acceptors (Lipinski definition) is 3. The predicted molar refractivity (Wildman–Crippen MR) is 78.8 cm³/mol. The summed E-state index contributed by atoms with van der Waals surface area (Å²) in [5.41, 5.74) is 1.27. The first-order valence-electron chi connectivity index (χ1n) is 6.03. The van der Waals surface area contributed by atoms with E-state index < -0.39 is 0 Å². The van der Waals surface area contributed by atoms with Crippen LogP contribution in [0.3, 0.4) is 0 Å². The van der Waals surface area contributed by atoms with Gasteiger partial charge in [-0.05, 0) is 30.2 Å². The molecule has 1 amide bonds. The number of amides is 1. The third-order valence-electron chi connectivity index (χ3n) is 2.56. The highest BCUT2D eigenvalue weighted by Crippen LogP contribution is 2.19. The fourth-order valence-electron chi connectivity index (χ4n) is 1.51. The zero-order valence-corrected chi connectivity index (χ0v) is 12.9. The van der Waals surface area contributed by atoms with Gasteiger partial charge >= 0.3 is 0 Å². The first kappa shape index (κ1) is 15.9. The van der Waals surface area contributed by atoms with Crippen molar-refractivity contribution in [3.8, 4) is 0 Å². The summed E-state index contributed by atoms with van der Waals surface area (Å²) in [6.45, 7) is 3.98. The summed E-state index contributed by atoms with van der Waals surface area (Å²) >= 11 is 3.39. The van der Waals surface area contributed by atoms with Crippen LogP contribution in [-0.2, 0) is 9.53 Å². The lowest BCUT2D eigenvalue weighted by Crippen LogP contribution is -2.20. The first-order valence-corrected chi connectivity index (χ1v) is 6.94. The van der Waals surface area contributed by atoms with Crippen LogP contribution in [0.1, 0.15) is 24.2 Å². The summed E-state index contributed by atoms with van der Waals surface area (Å²) in [6.07, 6.45) is 0. The number of nitrogens with one attached hydrogen (secondary N) is 1. The molecular weight excluding hydrogens is 310 g/mol. The average Bonchev–Trinajstić information content (AvgIpc) is 2.38. The number of rotatable bonds is 6. The molecular formula is C14H18BrNO3. The van der Waals surface area contributed by atoms with E-state index in [0.29, 0.717) is 11.3 Å². The van der Waals surface area contributed by atoms with Crippen LogP contribution in [0.15, 0.2) is 24.3 Å². The molecule has 1 atom stereocenters. The van der Waals surface area contributed by atoms with Gasteiger partial charge in [-0.15, -0.1) is 0 Å². The van der Waals surface area contributed by atoms with Gasteiger partial charge in [0.25, 0.3) is 0 Å². The molecule has 0 fully saturated rings. The van der Waals surface area contributed by atoms with Crippen molar-refractivity contribution in [2.45, 2.75) is 18.7 Å². The molecule has 1 N–H and O–H groups in total. The summed E-state index contributed by atoms with van der Waals surface area (Å²) in [5, 5.41) is 2.67. The van der Waals surface area contributed by atoms with Gasteiger partial charge in [0.2, 0.25) is 5.91 Å². The summed E-state index contributed by atoms with van der Waals surface area (Å²) in [5.74, 6) is 0.0560. The minimum atomic E-state index is -0.220. The Morgan fingerprint density at radius 3 is 2.32 bits per heavy atom. The second-order valence-electron chi connectivity index (χ2n) is 4.57. The number of ether oxygens (including phenoxy) is 1. The number of alkyl halides is 1. The zero-order chi connectivity index (χ0) is 14.4. The number of carbonyl (C=O) groups is 2. The minimum Gasteiger partial charge on any atom is -0.375 e. The van der Waals surface area contributed by atoms with E-state index in [1.54, 1.807) is 24.3 Å². The van der Waals surface area contributed by atoms with Gasteiger partial charge in [-0.25, -0.2) is 0 Å². The molecule has 1 aromatic carbocycles. The van der Waals surface area contributed by atoms with Gasteiger partial charge in [-0.2, -0.15) is 0 Å². The van der Waals surface area contributed by atoms with E-state index in [1.165, 1.54) is 7.11 Å². The number of hydrogen-bond donors (Lipinski definition) is 1. The minimum absolute atomic E-state index is 0.0114. The van der Waals surface area contributed by atoms with Crippen LogP contribution in [0.25, 0.3) is 0 Å². The van der Waals surface area contributed by atoms with Gasteiger partial charge in [0, 0.05) is 18.4 Å². The molecule has 0 aromatic heterocycles. The van der Waals surface area contributed by atoms with Crippen molar-refractivity contribution in [1.82, 2.24) is 0 Å². The van der Waals surface area contributed by atoms with Crippen molar-refractivity contribution in [3.63, 3.8) is 0 Å². The monoisotopic (exact) mass is 327 g/mol. The van der Waals surface area contributed by atoms with Gasteiger partial charge in [-0.3, -0.25) is 9.59 Å². The summed E-state index contributed by atoms with van der Waals surface area (Å²) in [4.78, 5) is 23.2. The average molecular weight is 328 g/mol. The Balaban J connectivity index is 2.71. The second-order valence-corrected chi connectivity index (χ2v) is 5.56. The van der Waals surface area contributed by atoms with Crippen LogP contribution >= 0.6 is 15.9 Å². The molecule has 19 heavy (non-hydrogen) atoms. The number of Topliss-reactive ketones (excluding diaryl/α,β-unsaturated/α-hetero) is 1. The molecule has 0 saturated carbocycles. The molecule has 0 aliphatic carbocycles. The van der Waals surface area contributed by atoms with Gasteiger partial charge in [0.05, 0.1) is 4.83 Å². The molecule has 0 radical (unpaired) electrons. The van der Waals surface area contributed by atoms with Gasteiger partial charge in [0.15, 0.2) is 5.78 Å². The Bertz CT molecular complexity index is 443. The van der Waals surface area contributed by atoms with Crippen molar-refractivity contribution >= 4 is 33.3 Å². The summed E-state index contributed by atoms with van der Waals surface area (Å²) in [7, 11) is 1.46.